The molecule has 2 unspecified atom stereocenters. The molecule has 0 radical (unpaired) electrons. The van der Waals surface area contributed by atoms with E-state index in [0.29, 0.717) is 12.8 Å². The number of amides is 2. The normalized spacial score (nSPS) is 23.2. The zero-order valence-electron chi connectivity index (χ0n) is 10.1. The van der Waals surface area contributed by atoms with E-state index in [1.165, 1.54) is 18.9 Å². The minimum Gasteiger partial charge on any atom is -0.481 e. The molecule has 0 spiro atoms. The lowest BCUT2D eigenvalue weighted by atomic mass is 10.0. The van der Waals surface area contributed by atoms with Gasteiger partial charge in [-0.2, -0.15) is 0 Å². The van der Waals surface area contributed by atoms with Gasteiger partial charge >= 0.3 is 5.97 Å². The van der Waals surface area contributed by atoms with Gasteiger partial charge in [-0.25, -0.2) is 0 Å². The molecule has 96 valence electrons. The molecule has 2 atom stereocenters. The molecule has 1 aliphatic carbocycles. The number of rotatable bonds is 4. The first kappa shape index (κ1) is 13.5. The van der Waals surface area contributed by atoms with Crippen LogP contribution in [0.25, 0.3) is 0 Å². The van der Waals surface area contributed by atoms with Gasteiger partial charge in [0, 0.05) is 20.0 Å². The van der Waals surface area contributed by atoms with Crippen LogP contribution in [-0.4, -0.2) is 47.4 Å². The Morgan fingerprint density at radius 1 is 1.35 bits per heavy atom. The fraction of sp³-hybridized carbons (Fsp3) is 0.727. The SMILES string of the molecule is CC(=O)N(C)CC(=O)NC1CCCC1C(=O)O. The number of hydrogen-bond acceptors (Lipinski definition) is 3. The highest BCUT2D eigenvalue weighted by molar-refractivity contribution is 5.84. The second-order valence-electron chi connectivity index (χ2n) is 4.42. The molecule has 6 heteroatoms. The molecule has 17 heavy (non-hydrogen) atoms. The third-order valence-electron chi connectivity index (χ3n) is 3.10. The Balaban J connectivity index is 2.45. The largest absolute Gasteiger partial charge is 0.481 e. The second kappa shape index (κ2) is 5.65. The summed E-state index contributed by atoms with van der Waals surface area (Å²) in [6, 6.07) is -0.305. The van der Waals surface area contributed by atoms with E-state index in [4.69, 9.17) is 5.11 Å². The number of likely N-dealkylation sites (N-methyl/N-ethyl adjacent to an activating group) is 1. The van der Waals surface area contributed by atoms with Crippen molar-refractivity contribution in [2.24, 2.45) is 5.92 Å². The molecule has 0 heterocycles. The van der Waals surface area contributed by atoms with Crippen molar-refractivity contribution in [3.63, 3.8) is 0 Å². The Kier molecular flexibility index (Phi) is 4.48. The molecule has 6 nitrogen and oxygen atoms in total. The first-order chi connectivity index (χ1) is 7.91. The van der Waals surface area contributed by atoms with Gasteiger partial charge in [0.05, 0.1) is 12.5 Å². The molecule has 1 saturated carbocycles. The summed E-state index contributed by atoms with van der Waals surface area (Å²) in [6.45, 7) is 1.35. The lowest BCUT2D eigenvalue weighted by Gasteiger charge is -2.20. The van der Waals surface area contributed by atoms with Crippen LogP contribution in [0.1, 0.15) is 26.2 Å². The fourth-order valence-corrected chi connectivity index (χ4v) is 2.01. The number of carboxylic acid groups (broad SMARTS) is 1. The number of carbonyl (C=O) groups is 3. The first-order valence-corrected chi connectivity index (χ1v) is 5.65. The summed E-state index contributed by atoms with van der Waals surface area (Å²) in [5.41, 5.74) is 0. The van der Waals surface area contributed by atoms with Gasteiger partial charge in [0.15, 0.2) is 0 Å². The third kappa shape index (κ3) is 3.72. The average Bonchev–Trinajstić information content (AvgIpc) is 2.65. The van der Waals surface area contributed by atoms with Gasteiger partial charge < -0.3 is 15.3 Å². The fourth-order valence-electron chi connectivity index (χ4n) is 2.01. The van der Waals surface area contributed by atoms with Crippen LogP contribution in [0.2, 0.25) is 0 Å². The van der Waals surface area contributed by atoms with Crippen LogP contribution in [-0.2, 0) is 14.4 Å². The second-order valence-corrected chi connectivity index (χ2v) is 4.42. The molecule has 2 N–H and O–H groups in total. The first-order valence-electron chi connectivity index (χ1n) is 5.65. The molecule has 0 aromatic rings. The molecule has 0 aliphatic heterocycles. The highest BCUT2D eigenvalue weighted by atomic mass is 16.4. The molecule has 1 fully saturated rings. The van der Waals surface area contributed by atoms with Crippen molar-refractivity contribution >= 4 is 17.8 Å². The monoisotopic (exact) mass is 242 g/mol. The summed E-state index contributed by atoms with van der Waals surface area (Å²) in [6.07, 6.45) is 2.10. The Bertz CT molecular complexity index is 329. The highest BCUT2D eigenvalue weighted by Gasteiger charge is 2.33. The van der Waals surface area contributed by atoms with Crippen LogP contribution >= 0.6 is 0 Å². The number of nitrogens with one attached hydrogen (secondary N) is 1. The predicted octanol–water partition coefficient (Wildman–Crippen LogP) is -0.166. The maximum absolute atomic E-state index is 11.6. The maximum Gasteiger partial charge on any atom is 0.308 e. The van der Waals surface area contributed by atoms with Crippen LogP contribution in [0, 0.1) is 5.92 Å². The molecule has 0 bridgehead atoms. The lowest BCUT2D eigenvalue weighted by molar-refractivity contribution is -0.142. The quantitative estimate of drug-likeness (QED) is 0.717. The number of nitrogens with zero attached hydrogens (tertiary/aromatic N) is 1. The standard InChI is InChI=1S/C11H18N2O4/c1-7(14)13(2)6-10(15)12-9-5-3-4-8(9)11(16)17/h8-9H,3-6H2,1-2H3,(H,12,15)(H,16,17). The van der Waals surface area contributed by atoms with Gasteiger partial charge in [-0.1, -0.05) is 6.42 Å². The molecule has 1 aliphatic rings. The molecule has 0 saturated heterocycles. The van der Waals surface area contributed by atoms with E-state index >= 15 is 0 Å². The third-order valence-corrected chi connectivity index (χ3v) is 3.10. The Morgan fingerprint density at radius 2 is 2.00 bits per heavy atom. The summed E-state index contributed by atoms with van der Waals surface area (Å²) in [7, 11) is 1.53. The van der Waals surface area contributed by atoms with E-state index in [1.807, 2.05) is 0 Å². The van der Waals surface area contributed by atoms with Crippen molar-refractivity contribution in [1.29, 1.82) is 0 Å². The molecular formula is C11H18N2O4. The van der Waals surface area contributed by atoms with E-state index in [9.17, 15) is 14.4 Å². The predicted molar refractivity (Wildman–Crippen MR) is 60.2 cm³/mol. The van der Waals surface area contributed by atoms with E-state index in [1.54, 1.807) is 0 Å². The van der Waals surface area contributed by atoms with Crippen LogP contribution in [0.15, 0.2) is 0 Å². The topological polar surface area (TPSA) is 86.7 Å². The van der Waals surface area contributed by atoms with Crippen molar-refractivity contribution < 1.29 is 19.5 Å². The van der Waals surface area contributed by atoms with Crippen molar-refractivity contribution in [2.45, 2.75) is 32.2 Å². The Morgan fingerprint density at radius 3 is 2.53 bits per heavy atom. The zero-order chi connectivity index (χ0) is 13.0. The van der Waals surface area contributed by atoms with Crippen LogP contribution < -0.4 is 5.32 Å². The Hall–Kier alpha value is -1.59. The smallest absolute Gasteiger partial charge is 0.308 e. The number of carbonyl (C=O) groups excluding carboxylic acids is 2. The average molecular weight is 242 g/mol. The maximum atomic E-state index is 11.6. The van der Waals surface area contributed by atoms with E-state index in [2.05, 4.69) is 5.32 Å². The molecule has 1 rings (SSSR count). The molecule has 0 aromatic heterocycles. The van der Waals surface area contributed by atoms with E-state index in [0.717, 1.165) is 6.42 Å². The molecule has 0 aromatic carbocycles. The van der Waals surface area contributed by atoms with Crippen LogP contribution in [0.5, 0.6) is 0 Å². The van der Waals surface area contributed by atoms with Crippen molar-refractivity contribution in [1.82, 2.24) is 10.2 Å². The minimum absolute atomic E-state index is 0.0296. The highest BCUT2D eigenvalue weighted by Crippen LogP contribution is 2.25. The summed E-state index contributed by atoms with van der Waals surface area (Å²) >= 11 is 0. The minimum atomic E-state index is -0.868. The van der Waals surface area contributed by atoms with Gasteiger partial charge in [-0.3, -0.25) is 14.4 Å². The summed E-state index contributed by atoms with van der Waals surface area (Å²) in [5.74, 6) is -1.86. The van der Waals surface area contributed by atoms with Gasteiger partial charge in [0.25, 0.3) is 0 Å². The van der Waals surface area contributed by atoms with E-state index in [-0.39, 0.29) is 24.4 Å². The van der Waals surface area contributed by atoms with Gasteiger partial charge in [-0.05, 0) is 12.8 Å². The number of carboxylic acids is 1. The van der Waals surface area contributed by atoms with Crippen LogP contribution in [0.3, 0.4) is 0 Å². The number of aliphatic carboxylic acids is 1. The van der Waals surface area contributed by atoms with Crippen molar-refractivity contribution in [3.05, 3.63) is 0 Å². The zero-order valence-corrected chi connectivity index (χ0v) is 10.1. The van der Waals surface area contributed by atoms with Crippen molar-refractivity contribution in [2.75, 3.05) is 13.6 Å². The van der Waals surface area contributed by atoms with Gasteiger partial charge in [0.1, 0.15) is 0 Å². The lowest BCUT2D eigenvalue weighted by Crippen LogP contribution is -2.45. The van der Waals surface area contributed by atoms with Crippen molar-refractivity contribution in [3.8, 4) is 0 Å². The van der Waals surface area contributed by atoms with Gasteiger partial charge in [-0.15, -0.1) is 0 Å². The van der Waals surface area contributed by atoms with Gasteiger partial charge in [0.2, 0.25) is 11.8 Å². The summed E-state index contributed by atoms with van der Waals surface area (Å²) in [4.78, 5) is 34.7. The summed E-state index contributed by atoms with van der Waals surface area (Å²) in [5, 5.41) is 11.6. The van der Waals surface area contributed by atoms with E-state index < -0.39 is 11.9 Å². The van der Waals surface area contributed by atoms with Crippen LogP contribution in [0.4, 0.5) is 0 Å². The molecule has 2 amide bonds. The Labute approximate surface area is 100.0 Å². The molecular weight excluding hydrogens is 224 g/mol. The summed E-state index contributed by atoms with van der Waals surface area (Å²) < 4.78 is 0. The number of hydrogen-bond donors (Lipinski definition) is 2.